The molecule has 0 radical (unpaired) electrons. The minimum atomic E-state index is -3.94. The van der Waals surface area contributed by atoms with Gasteiger partial charge >= 0.3 is 0 Å². The summed E-state index contributed by atoms with van der Waals surface area (Å²) in [5.74, 6) is -0.0248. The lowest BCUT2D eigenvalue weighted by molar-refractivity contribution is 0.418. The van der Waals surface area contributed by atoms with Crippen molar-refractivity contribution >= 4 is 39.4 Å². The van der Waals surface area contributed by atoms with Crippen LogP contribution in [0.1, 0.15) is 22.7 Å². The molecule has 0 bridgehead atoms. The first kappa shape index (κ1) is 25.1. The molecule has 3 aromatic carbocycles. The molecule has 0 saturated heterocycles. The number of aryl methyl sites for hydroxylation is 1. The topological polar surface area (TPSA) is 98.7 Å². The van der Waals surface area contributed by atoms with Crippen LogP contribution in [-0.4, -0.2) is 48.9 Å². The summed E-state index contributed by atoms with van der Waals surface area (Å²) in [6.45, 7) is 0. The van der Waals surface area contributed by atoms with Gasteiger partial charge in [0.2, 0.25) is 10.0 Å². The first-order valence-electron chi connectivity index (χ1n) is 11.3. The third kappa shape index (κ3) is 4.60. The molecule has 0 unspecified atom stereocenters. The summed E-state index contributed by atoms with van der Waals surface area (Å²) in [5, 5.41) is 19.0. The second-order valence-electron chi connectivity index (χ2n) is 8.40. The van der Waals surface area contributed by atoms with E-state index in [1.54, 1.807) is 50.0 Å². The summed E-state index contributed by atoms with van der Waals surface area (Å²) >= 11 is 0. The summed E-state index contributed by atoms with van der Waals surface area (Å²) in [5.41, 5.74) is 3.27. The van der Waals surface area contributed by atoms with Crippen molar-refractivity contribution in [3.8, 4) is 5.88 Å². The Bertz CT molecular complexity index is 1520. The van der Waals surface area contributed by atoms with Crippen LogP contribution in [0.3, 0.4) is 0 Å². The molecule has 7 nitrogen and oxygen atoms in total. The number of hydrogen-bond acceptors (Lipinski definition) is 5. The van der Waals surface area contributed by atoms with E-state index >= 15 is 0 Å². The zero-order valence-corrected chi connectivity index (χ0v) is 21.1. The minimum absolute atomic E-state index is 0.0248. The molecule has 4 aromatic rings. The third-order valence-corrected chi connectivity index (χ3v) is 8.02. The monoisotopic (exact) mass is 500 g/mol. The quantitative estimate of drug-likeness (QED) is 0.332. The molecule has 0 aliphatic carbocycles. The summed E-state index contributed by atoms with van der Waals surface area (Å²) in [7, 11) is 0.938. The van der Waals surface area contributed by atoms with Crippen LogP contribution in [0.5, 0.6) is 5.88 Å². The van der Waals surface area contributed by atoms with E-state index in [0.717, 1.165) is 17.3 Å². The molecule has 0 aliphatic heterocycles. The SMILES string of the molecule is CN=C/C(C=N)=C/c1c(O)n(C)c2ccc(S(=O)(=O)N(C)C(c3ccccc3)c3ccccc3)cc12. The highest BCUT2D eigenvalue weighted by atomic mass is 32.2. The molecule has 2 N–H and O–H groups in total. The van der Waals surface area contributed by atoms with Gasteiger partial charge in [0, 0.05) is 50.1 Å². The van der Waals surface area contributed by atoms with Crippen LogP contribution in [0.4, 0.5) is 0 Å². The van der Waals surface area contributed by atoms with Crippen LogP contribution in [0.15, 0.2) is 94.3 Å². The number of rotatable bonds is 8. The van der Waals surface area contributed by atoms with E-state index in [0.29, 0.717) is 22.0 Å². The second-order valence-corrected chi connectivity index (χ2v) is 10.4. The van der Waals surface area contributed by atoms with Gasteiger partial charge in [0.25, 0.3) is 0 Å². The molecule has 36 heavy (non-hydrogen) atoms. The van der Waals surface area contributed by atoms with Crippen molar-refractivity contribution in [2.24, 2.45) is 12.0 Å². The largest absolute Gasteiger partial charge is 0.494 e. The number of aromatic nitrogens is 1. The fourth-order valence-corrected chi connectivity index (χ4v) is 5.72. The van der Waals surface area contributed by atoms with Crippen molar-refractivity contribution in [1.29, 1.82) is 5.41 Å². The van der Waals surface area contributed by atoms with E-state index in [-0.39, 0.29) is 10.8 Å². The van der Waals surface area contributed by atoms with E-state index in [1.807, 2.05) is 60.7 Å². The van der Waals surface area contributed by atoms with Crippen molar-refractivity contribution in [2.45, 2.75) is 10.9 Å². The normalized spacial score (nSPS) is 12.8. The van der Waals surface area contributed by atoms with Gasteiger partial charge in [-0.2, -0.15) is 4.31 Å². The van der Waals surface area contributed by atoms with Gasteiger partial charge < -0.3 is 15.1 Å². The number of nitrogens with zero attached hydrogens (tertiary/aromatic N) is 3. The first-order valence-corrected chi connectivity index (χ1v) is 12.8. The van der Waals surface area contributed by atoms with Crippen LogP contribution in [0, 0.1) is 5.41 Å². The predicted molar refractivity (Wildman–Crippen MR) is 145 cm³/mol. The van der Waals surface area contributed by atoms with Gasteiger partial charge in [-0.15, -0.1) is 0 Å². The zero-order valence-electron chi connectivity index (χ0n) is 20.3. The van der Waals surface area contributed by atoms with Gasteiger partial charge in [-0.1, -0.05) is 60.7 Å². The Kier molecular flexibility index (Phi) is 7.19. The van der Waals surface area contributed by atoms with E-state index in [2.05, 4.69) is 4.99 Å². The number of benzene rings is 3. The number of allylic oxidation sites excluding steroid dienone is 1. The highest BCUT2D eigenvalue weighted by Crippen LogP contribution is 2.36. The fraction of sp³-hybridized carbons (Fsp3) is 0.143. The zero-order chi connectivity index (χ0) is 25.9. The lowest BCUT2D eigenvalue weighted by atomic mass is 9.99. The Hall–Kier alpha value is -4.01. The molecular weight excluding hydrogens is 472 g/mol. The maximum absolute atomic E-state index is 13.9. The highest BCUT2D eigenvalue weighted by Gasteiger charge is 2.31. The molecule has 1 heterocycles. The Morgan fingerprint density at radius 1 is 1.03 bits per heavy atom. The Labute approximate surface area is 211 Å². The summed E-state index contributed by atoms with van der Waals surface area (Å²) in [6, 6.07) is 23.3. The predicted octanol–water partition coefficient (Wildman–Crippen LogP) is 5.03. The molecule has 0 amide bonds. The van der Waals surface area contributed by atoms with Gasteiger partial charge in [0.15, 0.2) is 5.88 Å². The van der Waals surface area contributed by atoms with Crippen molar-refractivity contribution in [1.82, 2.24) is 8.87 Å². The van der Waals surface area contributed by atoms with Crippen LogP contribution in [0.2, 0.25) is 0 Å². The number of fused-ring (bicyclic) bond motifs is 1. The average Bonchev–Trinajstić information content (AvgIpc) is 3.14. The van der Waals surface area contributed by atoms with Crippen LogP contribution in [-0.2, 0) is 17.1 Å². The molecule has 1 aromatic heterocycles. The molecular formula is C28H28N4O3S. The maximum Gasteiger partial charge on any atom is 0.243 e. The number of aromatic hydroxyl groups is 1. The lowest BCUT2D eigenvalue weighted by Crippen LogP contribution is -2.32. The number of nitrogens with one attached hydrogen (secondary N) is 1. The molecule has 0 saturated carbocycles. The van der Waals surface area contributed by atoms with Crippen LogP contribution >= 0.6 is 0 Å². The van der Waals surface area contributed by atoms with E-state index in [4.69, 9.17) is 5.41 Å². The van der Waals surface area contributed by atoms with E-state index in [1.165, 1.54) is 10.5 Å². The summed E-state index contributed by atoms with van der Waals surface area (Å²) in [4.78, 5) is 4.05. The van der Waals surface area contributed by atoms with Crippen molar-refractivity contribution < 1.29 is 13.5 Å². The average molecular weight is 501 g/mol. The Balaban J connectivity index is 1.87. The number of hydrogen-bond donors (Lipinski definition) is 2. The third-order valence-electron chi connectivity index (χ3n) is 6.21. The van der Waals surface area contributed by atoms with E-state index in [9.17, 15) is 13.5 Å². The minimum Gasteiger partial charge on any atom is -0.494 e. The molecule has 4 rings (SSSR count). The molecule has 184 valence electrons. The molecule has 8 heteroatoms. The molecule has 0 spiro atoms. The lowest BCUT2D eigenvalue weighted by Gasteiger charge is -2.28. The van der Waals surface area contributed by atoms with Gasteiger partial charge in [-0.25, -0.2) is 8.42 Å². The standard InChI is InChI=1S/C28H28N4O3S/c1-30-19-20(18-29)16-25-24-17-23(14-15-26(24)31(2)28(25)33)36(34,35)32(3)27(21-10-6-4-7-11-21)22-12-8-5-9-13-22/h4-19,27,29,33H,1-3H3/b20-16+,29-18?,30-19?. The first-order chi connectivity index (χ1) is 17.3. The van der Waals surface area contributed by atoms with Gasteiger partial charge in [0.1, 0.15) is 0 Å². The van der Waals surface area contributed by atoms with Gasteiger partial charge in [-0.05, 0) is 35.4 Å². The molecule has 0 atom stereocenters. The van der Waals surface area contributed by atoms with Gasteiger partial charge in [-0.3, -0.25) is 4.99 Å². The second kappa shape index (κ2) is 10.3. The Morgan fingerprint density at radius 3 is 2.14 bits per heavy atom. The maximum atomic E-state index is 13.9. The summed E-state index contributed by atoms with van der Waals surface area (Å²) in [6.07, 6.45) is 4.25. The highest BCUT2D eigenvalue weighted by molar-refractivity contribution is 7.89. The van der Waals surface area contributed by atoms with Gasteiger partial charge in [0.05, 0.1) is 16.5 Å². The molecule has 0 fully saturated rings. The van der Waals surface area contributed by atoms with Crippen LogP contribution < -0.4 is 0 Å². The fourth-order valence-electron chi connectivity index (χ4n) is 4.36. The smallest absolute Gasteiger partial charge is 0.243 e. The molecule has 0 aliphatic rings. The van der Waals surface area contributed by atoms with Crippen molar-refractivity contribution in [3.05, 3.63) is 101 Å². The number of aliphatic imine (C=N–C) groups is 1. The van der Waals surface area contributed by atoms with Crippen molar-refractivity contribution in [3.63, 3.8) is 0 Å². The van der Waals surface area contributed by atoms with E-state index < -0.39 is 16.1 Å². The Morgan fingerprint density at radius 2 is 1.61 bits per heavy atom. The van der Waals surface area contributed by atoms with Crippen molar-refractivity contribution in [2.75, 3.05) is 14.1 Å². The van der Waals surface area contributed by atoms with Crippen LogP contribution in [0.25, 0.3) is 17.0 Å². The summed E-state index contributed by atoms with van der Waals surface area (Å²) < 4.78 is 30.8. The number of sulfonamides is 1.